The molecular formula is C37H43N7O10. The fourth-order valence-electron chi connectivity index (χ4n) is 6.42. The van der Waals surface area contributed by atoms with Crippen molar-refractivity contribution in [1.82, 2.24) is 35.3 Å². The third kappa shape index (κ3) is 9.71. The summed E-state index contributed by atoms with van der Waals surface area (Å²) >= 11 is 0. The monoisotopic (exact) mass is 745 g/mol. The van der Waals surface area contributed by atoms with Crippen LogP contribution in [0.1, 0.15) is 55.4 Å². The minimum atomic E-state index is -1.21. The van der Waals surface area contributed by atoms with E-state index in [1.807, 2.05) is 0 Å². The second-order valence-corrected chi connectivity index (χ2v) is 13.3. The molecule has 0 radical (unpaired) electrons. The molecule has 2 aliphatic heterocycles. The average molecular weight is 746 g/mol. The summed E-state index contributed by atoms with van der Waals surface area (Å²) in [4.78, 5) is 85.4. The van der Waals surface area contributed by atoms with Crippen LogP contribution >= 0.6 is 0 Å². The number of hydrogen-bond acceptors (Lipinski definition) is 11. The zero-order chi connectivity index (χ0) is 38.0. The van der Waals surface area contributed by atoms with E-state index in [2.05, 4.69) is 15.7 Å². The van der Waals surface area contributed by atoms with Gasteiger partial charge in [0.2, 0.25) is 17.7 Å². The van der Waals surface area contributed by atoms with E-state index in [-0.39, 0.29) is 62.0 Å². The highest BCUT2D eigenvalue weighted by Gasteiger charge is 2.36. The maximum Gasteiger partial charge on any atom is 0.533 e. The van der Waals surface area contributed by atoms with Gasteiger partial charge >= 0.3 is 12.1 Å². The Morgan fingerprint density at radius 1 is 0.870 bits per heavy atom. The molecule has 2 atom stereocenters. The van der Waals surface area contributed by atoms with Gasteiger partial charge in [-0.3, -0.25) is 24.0 Å². The van der Waals surface area contributed by atoms with Crippen molar-refractivity contribution in [2.75, 3.05) is 39.3 Å². The van der Waals surface area contributed by atoms with Gasteiger partial charge in [-0.05, 0) is 62.8 Å². The van der Waals surface area contributed by atoms with Crippen molar-refractivity contribution in [2.45, 2.75) is 63.1 Å². The van der Waals surface area contributed by atoms with Crippen LogP contribution in [0.3, 0.4) is 0 Å². The van der Waals surface area contributed by atoms with E-state index in [0.717, 1.165) is 19.3 Å². The van der Waals surface area contributed by atoms with E-state index in [9.17, 15) is 33.9 Å². The predicted molar refractivity (Wildman–Crippen MR) is 189 cm³/mol. The van der Waals surface area contributed by atoms with Crippen molar-refractivity contribution in [2.24, 2.45) is 0 Å². The second-order valence-electron chi connectivity index (χ2n) is 13.3. The molecule has 2 saturated heterocycles. The average Bonchev–Trinajstić information content (AvgIpc) is 3.83. The summed E-state index contributed by atoms with van der Waals surface area (Å²) in [6.07, 6.45) is 2.68. The lowest BCUT2D eigenvalue weighted by molar-refractivity contribution is -0.153. The number of hydroxylamine groups is 2. The van der Waals surface area contributed by atoms with Gasteiger partial charge in [0, 0.05) is 38.2 Å². The molecule has 6 rings (SSSR count). The summed E-state index contributed by atoms with van der Waals surface area (Å²) in [5, 5.41) is 20.8. The number of aliphatic carboxylic acids is 1. The molecule has 286 valence electrons. The zero-order valence-electron chi connectivity index (χ0n) is 29.6. The minimum Gasteiger partial charge on any atom is -0.481 e. The SMILES string of the molecule is O=C(O)CC[C@H](NC(=O)c1cc(OCC(=O)N2CCC[C@H]2C(=O)NC2CCC2)n(-c2ccccc2)n1)C(=O)N1CCN(OC(=O)Oc2ccccc2)CC1. The number of hydrogen-bond donors (Lipinski definition) is 3. The highest BCUT2D eigenvalue weighted by Crippen LogP contribution is 2.24. The molecule has 17 heteroatoms. The van der Waals surface area contributed by atoms with Gasteiger partial charge in [-0.15, -0.1) is 5.06 Å². The molecule has 0 bridgehead atoms. The number of nitrogens with one attached hydrogen (secondary N) is 2. The number of carbonyl (C=O) groups is 6. The third-order valence-corrected chi connectivity index (χ3v) is 9.53. The normalized spacial score (nSPS) is 17.9. The number of amides is 4. The number of nitrogens with zero attached hydrogens (tertiary/aromatic N) is 5. The van der Waals surface area contributed by atoms with Crippen LogP contribution in [-0.2, 0) is 24.0 Å². The highest BCUT2D eigenvalue weighted by atomic mass is 16.8. The van der Waals surface area contributed by atoms with Crippen LogP contribution < -0.4 is 20.1 Å². The number of carbonyl (C=O) groups excluding carboxylic acids is 5. The molecule has 17 nitrogen and oxygen atoms in total. The Morgan fingerprint density at radius 2 is 1.57 bits per heavy atom. The van der Waals surface area contributed by atoms with Gasteiger partial charge in [0.15, 0.2) is 12.3 Å². The molecule has 3 heterocycles. The third-order valence-electron chi connectivity index (χ3n) is 9.53. The van der Waals surface area contributed by atoms with Crippen molar-refractivity contribution in [3.05, 3.63) is 72.4 Å². The number of carboxylic acids is 1. The fraction of sp³-hybridized carbons (Fsp3) is 0.432. The topological polar surface area (TPSA) is 202 Å². The molecule has 4 amide bonds. The number of para-hydroxylation sites is 2. The van der Waals surface area contributed by atoms with Crippen molar-refractivity contribution in [3.8, 4) is 17.3 Å². The molecule has 1 aromatic heterocycles. The molecule has 3 fully saturated rings. The van der Waals surface area contributed by atoms with Crippen molar-refractivity contribution >= 4 is 35.8 Å². The van der Waals surface area contributed by atoms with Gasteiger partial charge in [0.25, 0.3) is 11.8 Å². The van der Waals surface area contributed by atoms with Crippen LogP contribution in [0.4, 0.5) is 4.79 Å². The van der Waals surface area contributed by atoms with Crippen LogP contribution in [0.5, 0.6) is 11.6 Å². The molecular weight excluding hydrogens is 702 g/mol. The minimum absolute atomic E-state index is 0.0738. The van der Waals surface area contributed by atoms with Gasteiger partial charge in [-0.1, -0.05) is 36.4 Å². The van der Waals surface area contributed by atoms with Crippen LogP contribution in [0.15, 0.2) is 66.7 Å². The molecule has 0 unspecified atom stereocenters. The lowest BCUT2D eigenvalue weighted by atomic mass is 9.93. The first kappa shape index (κ1) is 37.8. The number of piperazine rings is 1. The molecule has 3 N–H and O–H groups in total. The van der Waals surface area contributed by atoms with Crippen molar-refractivity contribution < 1.29 is 48.2 Å². The number of aromatic nitrogens is 2. The van der Waals surface area contributed by atoms with Gasteiger partial charge < -0.3 is 39.9 Å². The van der Waals surface area contributed by atoms with E-state index in [0.29, 0.717) is 30.8 Å². The van der Waals surface area contributed by atoms with Crippen LogP contribution in [0, 0.1) is 0 Å². The second kappa shape index (κ2) is 17.7. The Morgan fingerprint density at radius 3 is 2.24 bits per heavy atom. The fourth-order valence-corrected chi connectivity index (χ4v) is 6.42. The molecule has 1 aliphatic carbocycles. The van der Waals surface area contributed by atoms with Gasteiger partial charge in [-0.25, -0.2) is 9.48 Å². The van der Waals surface area contributed by atoms with E-state index < -0.39 is 49.1 Å². The molecule has 2 aromatic carbocycles. The van der Waals surface area contributed by atoms with E-state index in [1.165, 1.54) is 25.6 Å². The Balaban J connectivity index is 1.09. The standard InChI is InChI=1S/C37H43N7O10/c45-31(43-18-8-15-30(43)35(49)38-25-9-7-10-25)24-52-32-23-29(40-44(32)26-11-3-1-4-12-26)34(48)39-28(16-17-33(46)47)36(50)41-19-21-42(22-20-41)54-37(51)53-27-13-5-2-6-14-27/h1-6,11-14,23,25,28,30H,7-10,15-22,24H2,(H,38,49)(H,39,48)(H,46,47)/t28-,30-/m0/s1. The van der Waals surface area contributed by atoms with Crippen LogP contribution in [0.25, 0.3) is 5.69 Å². The number of benzene rings is 2. The van der Waals surface area contributed by atoms with Crippen LogP contribution in [-0.4, -0.2) is 123 Å². The van der Waals surface area contributed by atoms with Crippen molar-refractivity contribution in [3.63, 3.8) is 0 Å². The lowest BCUT2D eigenvalue weighted by Crippen LogP contribution is -2.55. The predicted octanol–water partition coefficient (Wildman–Crippen LogP) is 2.15. The van der Waals surface area contributed by atoms with Crippen LogP contribution in [0.2, 0.25) is 0 Å². The maximum absolute atomic E-state index is 13.6. The molecule has 1 saturated carbocycles. The first-order valence-corrected chi connectivity index (χ1v) is 18.0. The first-order chi connectivity index (χ1) is 26.1. The summed E-state index contributed by atoms with van der Waals surface area (Å²) in [7, 11) is 0. The largest absolute Gasteiger partial charge is 0.533 e. The Hall–Kier alpha value is -5.97. The molecule has 0 spiro atoms. The lowest BCUT2D eigenvalue weighted by Gasteiger charge is -2.35. The molecule has 3 aromatic rings. The summed E-state index contributed by atoms with van der Waals surface area (Å²) in [5.41, 5.74) is 0.396. The van der Waals surface area contributed by atoms with Crippen molar-refractivity contribution in [1.29, 1.82) is 0 Å². The summed E-state index contributed by atoms with van der Waals surface area (Å²) in [5.74, 6) is -2.58. The Labute approximate surface area is 311 Å². The van der Waals surface area contributed by atoms with E-state index >= 15 is 0 Å². The number of rotatable bonds is 14. The number of likely N-dealkylation sites (tertiary alicyclic amines) is 1. The van der Waals surface area contributed by atoms with Gasteiger partial charge in [0.1, 0.15) is 17.8 Å². The van der Waals surface area contributed by atoms with E-state index in [4.69, 9.17) is 14.3 Å². The van der Waals surface area contributed by atoms with Gasteiger partial charge in [-0.2, -0.15) is 5.10 Å². The smallest absolute Gasteiger partial charge is 0.481 e. The van der Waals surface area contributed by atoms with Gasteiger partial charge in [0.05, 0.1) is 18.8 Å². The zero-order valence-corrected chi connectivity index (χ0v) is 29.6. The maximum atomic E-state index is 13.6. The Kier molecular flexibility index (Phi) is 12.4. The summed E-state index contributed by atoms with van der Waals surface area (Å²) in [6, 6.07) is 16.9. The number of ether oxygens (including phenoxy) is 2. The summed E-state index contributed by atoms with van der Waals surface area (Å²) in [6.45, 7) is 0.577. The molecule has 54 heavy (non-hydrogen) atoms. The summed E-state index contributed by atoms with van der Waals surface area (Å²) < 4.78 is 12.4. The quantitative estimate of drug-likeness (QED) is 0.161. The molecule has 3 aliphatic rings. The number of carboxylic acid groups (broad SMARTS) is 1. The van der Waals surface area contributed by atoms with E-state index in [1.54, 1.807) is 60.7 Å². The highest BCUT2D eigenvalue weighted by molar-refractivity contribution is 5.96. The first-order valence-electron chi connectivity index (χ1n) is 18.0. The Bertz CT molecular complexity index is 1810.